The first-order chi connectivity index (χ1) is 9.97. The number of hydrogen-bond acceptors (Lipinski definition) is 5. The van der Waals surface area contributed by atoms with Gasteiger partial charge in [-0.05, 0) is 19.1 Å². The second-order valence-corrected chi connectivity index (χ2v) is 7.10. The van der Waals surface area contributed by atoms with E-state index in [1.54, 1.807) is 25.1 Å². The first-order valence-corrected chi connectivity index (χ1v) is 8.51. The van der Waals surface area contributed by atoms with Crippen LogP contribution < -0.4 is 0 Å². The summed E-state index contributed by atoms with van der Waals surface area (Å²) >= 11 is 0. The number of piperazine rings is 1. The first-order valence-electron chi connectivity index (χ1n) is 7.07. The molecule has 2 aliphatic heterocycles. The van der Waals surface area contributed by atoms with Crippen LogP contribution in [0.15, 0.2) is 33.6 Å². The molecule has 7 heteroatoms. The zero-order valence-corrected chi connectivity index (χ0v) is 12.8. The van der Waals surface area contributed by atoms with Gasteiger partial charge < -0.3 is 10.0 Å². The Morgan fingerprint density at radius 3 is 2.57 bits per heavy atom. The summed E-state index contributed by atoms with van der Waals surface area (Å²) in [6.07, 6.45) is -0.346. The molecule has 1 saturated heterocycles. The van der Waals surface area contributed by atoms with Crippen molar-refractivity contribution in [3.63, 3.8) is 0 Å². The van der Waals surface area contributed by atoms with E-state index in [-0.39, 0.29) is 6.10 Å². The van der Waals surface area contributed by atoms with Crippen LogP contribution in [0.2, 0.25) is 0 Å². The van der Waals surface area contributed by atoms with Crippen LogP contribution in [0.5, 0.6) is 0 Å². The molecule has 1 N–H and O–H groups in total. The maximum atomic E-state index is 12.1. The Labute approximate surface area is 124 Å². The topological polar surface area (TPSA) is 73.2 Å². The molecule has 0 bridgehead atoms. The molecule has 0 aromatic heterocycles. The maximum Gasteiger partial charge on any atom is 0.285 e. The monoisotopic (exact) mass is 309 g/mol. The highest BCUT2D eigenvalue weighted by Crippen LogP contribution is 2.27. The van der Waals surface area contributed by atoms with Crippen LogP contribution in [-0.2, 0) is 10.0 Å². The lowest BCUT2D eigenvalue weighted by atomic mass is 10.1. The quantitative estimate of drug-likeness (QED) is 0.841. The van der Waals surface area contributed by atoms with Crippen molar-refractivity contribution in [2.75, 3.05) is 32.7 Å². The number of rotatable bonds is 2. The summed E-state index contributed by atoms with van der Waals surface area (Å²) in [6.45, 7) is 5.45. The number of sulfonamides is 1. The fourth-order valence-corrected chi connectivity index (χ4v) is 4.06. The molecular weight excluding hydrogens is 290 g/mol. The number of amidine groups is 1. The van der Waals surface area contributed by atoms with Gasteiger partial charge in [-0.2, -0.15) is 8.42 Å². The number of aliphatic hydroxyl groups excluding tert-OH is 1. The largest absolute Gasteiger partial charge is 0.392 e. The number of nitrogens with zero attached hydrogens (tertiary/aromatic N) is 3. The van der Waals surface area contributed by atoms with Crippen LogP contribution in [0.1, 0.15) is 12.5 Å². The van der Waals surface area contributed by atoms with Crippen LogP contribution in [0.4, 0.5) is 0 Å². The fourth-order valence-electron chi connectivity index (χ4n) is 2.83. The van der Waals surface area contributed by atoms with Crippen molar-refractivity contribution >= 4 is 15.9 Å². The molecule has 21 heavy (non-hydrogen) atoms. The van der Waals surface area contributed by atoms with E-state index in [0.29, 0.717) is 22.8 Å². The summed E-state index contributed by atoms with van der Waals surface area (Å²) in [5.41, 5.74) is 0.696. The van der Waals surface area contributed by atoms with Crippen molar-refractivity contribution in [2.24, 2.45) is 4.40 Å². The Balaban J connectivity index is 1.78. The highest BCUT2D eigenvalue weighted by atomic mass is 32.2. The van der Waals surface area contributed by atoms with Gasteiger partial charge in [-0.3, -0.25) is 4.90 Å². The Bertz CT molecular complexity index is 662. The zero-order chi connectivity index (χ0) is 15.0. The second-order valence-electron chi connectivity index (χ2n) is 5.52. The smallest absolute Gasteiger partial charge is 0.285 e. The minimum absolute atomic E-state index is 0.298. The zero-order valence-electron chi connectivity index (χ0n) is 11.9. The van der Waals surface area contributed by atoms with Crippen molar-refractivity contribution in [2.45, 2.75) is 17.9 Å². The SMILES string of the molecule is CC(O)CN1CCN(C2=NS(=O)(=O)c3ccccc32)CC1. The highest BCUT2D eigenvalue weighted by molar-refractivity contribution is 7.90. The van der Waals surface area contributed by atoms with Crippen LogP contribution >= 0.6 is 0 Å². The third kappa shape index (κ3) is 2.81. The van der Waals surface area contributed by atoms with E-state index in [0.717, 1.165) is 26.2 Å². The maximum absolute atomic E-state index is 12.1. The third-order valence-electron chi connectivity index (χ3n) is 3.81. The fraction of sp³-hybridized carbons (Fsp3) is 0.500. The van der Waals surface area contributed by atoms with Crippen molar-refractivity contribution in [1.29, 1.82) is 0 Å². The lowest BCUT2D eigenvalue weighted by Crippen LogP contribution is -2.50. The predicted octanol–water partition coefficient (Wildman–Crippen LogP) is 0.134. The molecule has 2 aliphatic rings. The lowest BCUT2D eigenvalue weighted by Gasteiger charge is -2.36. The van der Waals surface area contributed by atoms with Crippen molar-refractivity contribution < 1.29 is 13.5 Å². The highest BCUT2D eigenvalue weighted by Gasteiger charge is 2.32. The van der Waals surface area contributed by atoms with Gasteiger partial charge >= 0.3 is 0 Å². The first kappa shape index (κ1) is 14.5. The molecule has 1 fully saturated rings. The van der Waals surface area contributed by atoms with Crippen LogP contribution in [0.3, 0.4) is 0 Å². The third-order valence-corrected chi connectivity index (χ3v) is 5.13. The summed E-state index contributed by atoms with van der Waals surface area (Å²) in [7, 11) is -3.54. The normalized spacial score (nSPS) is 22.8. The van der Waals surface area contributed by atoms with Gasteiger partial charge in [0, 0.05) is 38.3 Å². The number of aliphatic hydroxyl groups is 1. The Kier molecular flexibility index (Phi) is 3.73. The van der Waals surface area contributed by atoms with Crippen LogP contribution in [-0.4, -0.2) is 68.0 Å². The average molecular weight is 309 g/mol. The summed E-state index contributed by atoms with van der Waals surface area (Å²) in [4.78, 5) is 4.49. The number of fused-ring (bicyclic) bond motifs is 1. The minimum atomic E-state index is -3.54. The van der Waals surface area contributed by atoms with Gasteiger partial charge in [-0.1, -0.05) is 12.1 Å². The van der Waals surface area contributed by atoms with Crippen LogP contribution in [0.25, 0.3) is 0 Å². The van der Waals surface area contributed by atoms with Crippen molar-refractivity contribution in [1.82, 2.24) is 9.80 Å². The number of β-amino-alcohol motifs (C(OH)–C–C–N with tert-alkyl or cyclic N) is 1. The standard InChI is InChI=1S/C14H19N3O3S/c1-11(18)10-16-6-8-17(9-7-16)14-12-4-2-3-5-13(12)21(19,20)15-14/h2-5,11,18H,6-10H2,1H3. The van der Waals surface area contributed by atoms with Crippen molar-refractivity contribution in [3.8, 4) is 0 Å². The Morgan fingerprint density at radius 2 is 1.90 bits per heavy atom. The molecule has 6 nitrogen and oxygen atoms in total. The van der Waals surface area contributed by atoms with Gasteiger partial charge in [0.2, 0.25) is 0 Å². The second kappa shape index (κ2) is 5.40. The van der Waals surface area contributed by atoms with E-state index >= 15 is 0 Å². The predicted molar refractivity (Wildman–Crippen MR) is 79.9 cm³/mol. The Hall–Kier alpha value is -1.44. The molecule has 2 heterocycles. The van der Waals surface area contributed by atoms with Gasteiger partial charge in [0.25, 0.3) is 10.0 Å². The molecule has 0 radical (unpaired) electrons. The van der Waals surface area contributed by atoms with Gasteiger partial charge in [-0.15, -0.1) is 4.40 Å². The lowest BCUT2D eigenvalue weighted by molar-refractivity contribution is 0.101. The van der Waals surface area contributed by atoms with Gasteiger partial charge in [0.1, 0.15) is 4.90 Å². The summed E-state index contributed by atoms with van der Waals surface area (Å²) in [5.74, 6) is 0.558. The van der Waals surface area contributed by atoms with E-state index in [1.807, 2.05) is 11.0 Å². The molecule has 0 aliphatic carbocycles. The van der Waals surface area contributed by atoms with E-state index < -0.39 is 10.0 Å². The molecule has 114 valence electrons. The average Bonchev–Trinajstić information content (AvgIpc) is 2.72. The molecule has 1 aromatic carbocycles. The number of hydrogen-bond donors (Lipinski definition) is 1. The molecule has 3 rings (SSSR count). The molecular formula is C14H19N3O3S. The van der Waals surface area contributed by atoms with Gasteiger partial charge in [-0.25, -0.2) is 0 Å². The summed E-state index contributed by atoms with van der Waals surface area (Å²) in [5, 5.41) is 9.42. The summed E-state index contributed by atoms with van der Waals surface area (Å²) < 4.78 is 28.1. The van der Waals surface area contributed by atoms with E-state index in [1.165, 1.54) is 0 Å². The molecule has 1 unspecified atom stereocenters. The summed E-state index contributed by atoms with van der Waals surface area (Å²) in [6, 6.07) is 6.96. The minimum Gasteiger partial charge on any atom is -0.392 e. The Morgan fingerprint density at radius 1 is 1.24 bits per heavy atom. The van der Waals surface area contributed by atoms with Crippen molar-refractivity contribution in [3.05, 3.63) is 29.8 Å². The van der Waals surface area contributed by atoms with E-state index in [2.05, 4.69) is 9.30 Å². The molecule has 1 aromatic rings. The number of benzene rings is 1. The molecule has 0 saturated carbocycles. The van der Waals surface area contributed by atoms with E-state index in [9.17, 15) is 13.5 Å². The van der Waals surface area contributed by atoms with Gasteiger partial charge in [0.05, 0.1) is 6.10 Å². The van der Waals surface area contributed by atoms with E-state index in [4.69, 9.17) is 0 Å². The van der Waals surface area contributed by atoms with Gasteiger partial charge in [0.15, 0.2) is 5.84 Å². The molecule has 1 atom stereocenters. The van der Waals surface area contributed by atoms with Crippen LogP contribution in [0, 0.1) is 0 Å². The molecule has 0 spiro atoms. The molecule has 0 amide bonds.